The molecule has 2 aromatic carbocycles. The van der Waals surface area contributed by atoms with Gasteiger partial charge in [0, 0.05) is 44.9 Å². The first-order valence-electron chi connectivity index (χ1n) is 9.36. The Bertz CT molecular complexity index is 813. The fourth-order valence-corrected chi connectivity index (χ4v) is 3.05. The Morgan fingerprint density at radius 3 is 2.59 bits per heavy atom. The number of nitro benzene ring substituents is 1. The van der Waals surface area contributed by atoms with Crippen LogP contribution in [-0.4, -0.2) is 55.0 Å². The van der Waals surface area contributed by atoms with Gasteiger partial charge in [-0.05, 0) is 31.2 Å². The van der Waals surface area contributed by atoms with Crippen LogP contribution in [-0.2, 0) is 0 Å². The number of piperazine rings is 1. The maximum absolute atomic E-state index is 12.6. The third-order valence-corrected chi connectivity index (χ3v) is 4.54. The second-order valence-corrected chi connectivity index (χ2v) is 6.55. The molecular formula is C20H25ClN4O4. The predicted octanol–water partition coefficient (Wildman–Crippen LogP) is 2.83. The molecule has 29 heavy (non-hydrogen) atoms. The fourth-order valence-electron chi connectivity index (χ4n) is 3.05. The lowest BCUT2D eigenvalue weighted by Gasteiger charge is -2.27. The summed E-state index contributed by atoms with van der Waals surface area (Å²) in [6, 6.07) is 13.1. The minimum atomic E-state index is -0.520. The Morgan fingerprint density at radius 2 is 1.90 bits per heavy atom. The zero-order chi connectivity index (χ0) is 19.8. The van der Waals surface area contributed by atoms with Crippen LogP contribution in [0, 0.1) is 10.1 Å². The summed E-state index contributed by atoms with van der Waals surface area (Å²) in [5, 5.41) is 17.3. The quantitative estimate of drug-likeness (QED) is 0.387. The number of nitrogens with one attached hydrogen (secondary N) is 2. The summed E-state index contributed by atoms with van der Waals surface area (Å²) < 4.78 is 5.77. The van der Waals surface area contributed by atoms with Crippen LogP contribution in [0.5, 0.6) is 11.5 Å². The highest BCUT2D eigenvalue weighted by atomic mass is 35.5. The monoisotopic (exact) mass is 420 g/mol. The van der Waals surface area contributed by atoms with Crippen molar-refractivity contribution >= 4 is 24.0 Å². The largest absolute Gasteiger partial charge is 0.457 e. The zero-order valence-corrected chi connectivity index (χ0v) is 16.8. The highest BCUT2D eigenvalue weighted by molar-refractivity contribution is 5.97. The van der Waals surface area contributed by atoms with Crippen molar-refractivity contribution in [2.24, 2.45) is 0 Å². The molecule has 9 heteroatoms. The molecule has 1 aliphatic heterocycles. The number of carbonyl (C=O) groups is 1. The Kier molecular flexibility index (Phi) is 8.85. The number of non-ortho nitro benzene ring substituents is 1. The molecule has 0 spiro atoms. The molecule has 1 heterocycles. The first-order chi connectivity index (χ1) is 13.6. The Labute approximate surface area is 175 Å². The summed E-state index contributed by atoms with van der Waals surface area (Å²) in [6.45, 7) is 5.39. The molecule has 0 aliphatic carbocycles. The maximum atomic E-state index is 12.6. The van der Waals surface area contributed by atoms with E-state index in [0.29, 0.717) is 12.3 Å². The minimum Gasteiger partial charge on any atom is -0.457 e. The summed E-state index contributed by atoms with van der Waals surface area (Å²) in [6.07, 6.45) is 0.815. The molecule has 3 rings (SSSR count). The van der Waals surface area contributed by atoms with E-state index in [1.807, 2.05) is 18.2 Å². The average molecular weight is 421 g/mol. The third kappa shape index (κ3) is 6.70. The van der Waals surface area contributed by atoms with Gasteiger partial charge in [0.25, 0.3) is 11.6 Å². The van der Waals surface area contributed by atoms with Crippen LogP contribution < -0.4 is 15.4 Å². The van der Waals surface area contributed by atoms with Gasteiger partial charge in [-0.25, -0.2) is 0 Å². The van der Waals surface area contributed by atoms with Crippen molar-refractivity contribution in [1.29, 1.82) is 0 Å². The molecule has 156 valence electrons. The van der Waals surface area contributed by atoms with Gasteiger partial charge in [0.1, 0.15) is 11.5 Å². The van der Waals surface area contributed by atoms with E-state index < -0.39 is 4.92 Å². The summed E-state index contributed by atoms with van der Waals surface area (Å²) in [5.41, 5.74) is 0.00611. The van der Waals surface area contributed by atoms with Gasteiger partial charge < -0.3 is 20.3 Å². The van der Waals surface area contributed by atoms with Gasteiger partial charge in [-0.2, -0.15) is 0 Å². The fraction of sp³-hybridized carbons (Fsp3) is 0.350. The van der Waals surface area contributed by atoms with Gasteiger partial charge in [-0.1, -0.05) is 18.2 Å². The molecule has 1 amide bonds. The number of amides is 1. The molecule has 2 N–H and O–H groups in total. The van der Waals surface area contributed by atoms with E-state index in [0.717, 1.165) is 39.1 Å². The smallest absolute Gasteiger partial charge is 0.270 e. The van der Waals surface area contributed by atoms with Gasteiger partial charge in [0.2, 0.25) is 0 Å². The van der Waals surface area contributed by atoms with Crippen LogP contribution in [0.3, 0.4) is 0 Å². The second kappa shape index (κ2) is 11.4. The molecule has 8 nitrogen and oxygen atoms in total. The standard InChI is InChI=1S/C20H24N4O4.ClH/c25-20(22-9-4-12-23-13-10-21-11-14-23)18-15-16(24(26)27)7-8-19(18)28-17-5-2-1-3-6-17;/h1-3,5-8,15,21H,4,9-14H2,(H,22,25);1H. The Hall–Kier alpha value is -2.68. The molecule has 1 saturated heterocycles. The first-order valence-corrected chi connectivity index (χ1v) is 9.36. The van der Waals surface area contributed by atoms with Crippen molar-refractivity contribution in [1.82, 2.24) is 15.5 Å². The van der Waals surface area contributed by atoms with Crippen molar-refractivity contribution in [3.63, 3.8) is 0 Å². The van der Waals surface area contributed by atoms with Crippen molar-refractivity contribution in [2.45, 2.75) is 6.42 Å². The molecule has 2 aromatic rings. The van der Waals surface area contributed by atoms with Crippen LogP contribution in [0.2, 0.25) is 0 Å². The topological polar surface area (TPSA) is 96.7 Å². The normalized spacial score (nSPS) is 13.9. The number of hydrogen-bond acceptors (Lipinski definition) is 6. The van der Waals surface area contributed by atoms with Crippen molar-refractivity contribution < 1.29 is 14.5 Å². The van der Waals surface area contributed by atoms with E-state index in [4.69, 9.17) is 4.74 Å². The van der Waals surface area contributed by atoms with Crippen molar-refractivity contribution in [3.05, 3.63) is 64.2 Å². The minimum absolute atomic E-state index is 0. The lowest BCUT2D eigenvalue weighted by atomic mass is 10.1. The van der Waals surface area contributed by atoms with Crippen LogP contribution in [0.25, 0.3) is 0 Å². The van der Waals surface area contributed by atoms with Gasteiger partial charge in [0.05, 0.1) is 10.5 Å². The van der Waals surface area contributed by atoms with E-state index in [-0.39, 0.29) is 35.3 Å². The summed E-state index contributed by atoms with van der Waals surface area (Å²) >= 11 is 0. The number of ether oxygens (including phenoxy) is 1. The summed E-state index contributed by atoms with van der Waals surface area (Å²) in [5.74, 6) is 0.468. The van der Waals surface area contributed by atoms with E-state index in [9.17, 15) is 14.9 Å². The molecule has 0 saturated carbocycles. The summed E-state index contributed by atoms with van der Waals surface area (Å²) in [7, 11) is 0. The molecule has 0 aromatic heterocycles. The SMILES string of the molecule is Cl.O=C(NCCCN1CCNCC1)c1cc([N+](=O)[O-])ccc1Oc1ccccc1. The van der Waals surface area contributed by atoms with E-state index in [1.165, 1.54) is 18.2 Å². The number of nitro groups is 1. The summed E-state index contributed by atoms with van der Waals surface area (Å²) in [4.78, 5) is 25.6. The molecule has 0 unspecified atom stereocenters. The van der Waals surface area contributed by atoms with Crippen molar-refractivity contribution in [3.8, 4) is 11.5 Å². The number of halogens is 1. The van der Waals surface area contributed by atoms with Crippen LogP contribution in [0.1, 0.15) is 16.8 Å². The number of hydrogen-bond donors (Lipinski definition) is 2. The lowest BCUT2D eigenvalue weighted by Crippen LogP contribution is -2.44. The number of para-hydroxylation sites is 1. The first kappa shape index (κ1) is 22.6. The van der Waals surface area contributed by atoms with Gasteiger partial charge in [0.15, 0.2) is 0 Å². The van der Waals surface area contributed by atoms with Crippen LogP contribution >= 0.6 is 12.4 Å². The second-order valence-electron chi connectivity index (χ2n) is 6.55. The van der Waals surface area contributed by atoms with Crippen LogP contribution in [0.15, 0.2) is 48.5 Å². The van der Waals surface area contributed by atoms with Crippen molar-refractivity contribution in [2.75, 3.05) is 39.3 Å². The zero-order valence-electron chi connectivity index (χ0n) is 16.0. The molecule has 0 bridgehead atoms. The van der Waals surface area contributed by atoms with E-state index in [2.05, 4.69) is 15.5 Å². The van der Waals surface area contributed by atoms with E-state index >= 15 is 0 Å². The number of nitrogens with zero attached hydrogens (tertiary/aromatic N) is 2. The van der Waals surface area contributed by atoms with Gasteiger partial charge >= 0.3 is 0 Å². The number of benzene rings is 2. The average Bonchev–Trinajstić information content (AvgIpc) is 2.72. The number of rotatable bonds is 8. The Morgan fingerprint density at radius 1 is 1.17 bits per heavy atom. The van der Waals surface area contributed by atoms with E-state index in [1.54, 1.807) is 12.1 Å². The molecule has 0 radical (unpaired) electrons. The molecule has 1 aliphatic rings. The highest BCUT2D eigenvalue weighted by Crippen LogP contribution is 2.28. The predicted molar refractivity (Wildman–Crippen MR) is 113 cm³/mol. The van der Waals surface area contributed by atoms with Gasteiger partial charge in [-0.3, -0.25) is 14.9 Å². The number of carbonyl (C=O) groups excluding carboxylic acids is 1. The lowest BCUT2D eigenvalue weighted by molar-refractivity contribution is -0.384. The molecule has 0 atom stereocenters. The van der Waals surface area contributed by atoms with Gasteiger partial charge in [-0.15, -0.1) is 12.4 Å². The maximum Gasteiger partial charge on any atom is 0.270 e. The third-order valence-electron chi connectivity index (χ3n) is 4.54. The highest BCUT2D eigenvalue weighted by Gasteiger charge is 2.18. The molecule has 1 fully saturated rings. The van der Waals surface area contributed by atoms with Crippen LogP contribution in [0.4, 0.5) is 5.69 Å². The molecular weight excluding hydrogens is 396 g/mol. The Balaban J connectivity index is 0.00000300.